The molecule has 0 fully saturated rings. The fourth-order valence-electron chi connectivity index (χ4n) is 1.37. The Morgan fingerprint density at radius 2 is 2.14 bits per heavy atom. The van der Waals surface area contributed by atoms with Gasteiger partial charge in [0.15, 0.2) is 0 Å². The van der Waals surface area contributed by atoms with Crippen LogP contribution in [-0.2, 0) is 11.3 Å². The summed E-state index contributed by atoms with van der Waals surface area (Å²) >= 11 is 0. The number of hydrogen-bond acceptors (Lipinski definition) is 2. The number of aryl methyl sites for hydroxylation is 1. The predicted octanol–water partition coefficient (Wildman–Crippen LogP) is 1.06. The Bertz CT molecular complexity index is 302. The van der Waals surface area contributed by atoms with Gasteiger partial charge in [0.1, 0.15) is 6.54 Å². The number of aromatic nitrogens is 2. The molecule has 1 rings (SSSR count). The van der Waals surface area contributed by atoms with Gasteiger partial charge in [0.05, 0.1) is 5.69 Å². The Labute approximate surface area is 84.5 Å². The maximum absolute atomic E-state index is 11.6. The second-order valence-electron chi connectivity index (χ2n) is 3.22. The first-order valence-corrected chi connectivity index (χ1v) is 4.95. The molecule has 0 saturated carbocycles. The van der Waals surface area contributed by atoms with E-state index in [1.807, 2.05) is 33.0 Å². The van der Waals surface area contributed by atoms with Gasteiger partial charge < -0.3 is 4.90 Å². The minimum absolute atomic E-state index is 0.123. The largest absolute Gasteiger partial charge is 0.342 e. The van der Waals surface area contributed by atoms with Crippen LogP contribution >= 0.6 is 0 Å². The zero-order chi connectivity index (χ0) is 10.6. The summed E-state index contributed by atoms with van der Waals surface area (Å²) in [5.41, 5.74) is 0.942. The highest BCUT2D eigenvalue weighted by molar-refractivity contribution is 5.75. The summed E-state index contributed by atoms with van der Waals surface area (Å²) in [6.45, 7) is 7.74. The van der Waals surface area contributed by atoms with E-state index < -0.39 is 0 Å². The lowest BCUT2D eigenvalue weighted by atomic mass is 10.4. The van der Waals surface area contributed by atoms with Crippen LogP contribution in [0.2, 0.25) is 0 Å². The number of likely N-dealkylation sites (N-methyl/N-ethyl adjacent to an activating group) is 1. The maximum Gasteiger partial charge on any atom is 0.244 e. The van der Waals surface area contributed by atoms with Gasteiger partial charge in [-0.15, -0.1) is 0 Å². The van der Waals surface area contributed by atoms with E-state index >= 15 is 0 Å². The van der Waals surface area contributed by atoms with Gasteiger partial charge in [-0.2, -0.15) is 5.10 Å². The van der Waals surface area contributed by atoms with Crippen molar-refractivity contribution >= 4 is 5.91 Å². The van der Waals surface area contributed by atoms with Crippen molar-refractivity contribution in [2.45, 2.75) is 27.3 Å². The Hall–Kier alpha value is -1.32. The molecule has 0 bridgehead atoms. The molecule has 0 aromatic carbocycles. The molecule has 0 aliphatic carbocycles. The molecule has 0 atom stereocenters. The van der Waals surface area contributed by atoms with Gasteiger partial charge >= 0.3 is 0 Å². The fourth-order valence-corrected chi connectivity index (χ4v) is 1.37. The third kappa shape index (κ3) is 2.58. The lowest BCUT2D eigenvalue weighted by Gasteiger charge is -2.18. The molecule has 0 saturated heterocycles. The van der Waals surface area contributed by atoms with Crippen LogP contribution in [0.15, 0.2) is 12.3 Å². The first-order chi connectivity index (χ1) is 6.67. The van der Waals surface area contributed by atoms with Gasteiger partial charge in [-0.25, -0.2) is 0 Å². The smallest absolute Gasteiger partial charge is 0.244 e. The van der Waals surface area contributed by atoms with Crippen LogP contribution in [0.25, 0.3) is 0 Å². The van der Waals surface area contributed by atoms with Crippen LogP contribution < -0.4 is 0 Å². The molecule has 1 amide bonds. The van der Waals surface area contributed by atoms with Crippen LogP contribution in [0.3, 0.4) is 0 Å². The highest BCUT2D eigenvalue weighted by atomic mass is 16.2. The van der Waals surface area contributed by atoms with E-state index in [1.54, 1.807) is 9.58 Å². The highest BCUT2D eigenvalue weighted by Crippen LogP contribution is 1.96. The van der Waals surface area contributed by atoms with Gasteiger partial charge in [-0.1, -0.05) is 0 Å². The van der Waals surface area contributed by atoms with Crippen LogP contribution in [-0.4, -0.2) is 33.7 Å². The second kappa shape index (κ2) is 4.79. The Kier molecular flexibility index (Phi) is 3.68. The number of carbonyl (C=O) groups is 1. The summed E-state index contributed by atoms with van der Waals surface area (Å²) in [5, 5.41) is 4.17. The quantitative estimate of drug-likeness (QED) is 0.720. The molecule has 4 heteroatoms. The van der Waals surface area contributed by atoms with Gasteiger partial charge in [0.2, 0.25) is 5.91 Å². The van der Waals surface area contributed by atoms with Crippen LogP contribution in [0, 0.1) is 6.92 Å². The molecule has 0 N–H and O–H groups in total. The van der Waals surface area contributed by atoms with Crippen molar-refractivity contribution < 1.29 is 4.79 Å². The summed E-state index contributed by atoms with van der Waals surface area (Å²) in [7, 11) is 0. The van der Waals surface area contributed by atoms with Crippen molar-refractivity contribution in [3.8, 4) is 0 Å². The molecule has 1 aromatic rings. The van der Waals surface area contributed by atoms with Gasteiger partial charge in [-0.05, 0) is 26.8 Å². The van der Waals surface area contributed by atoms with E-state index in [-0.39, 0.29) is 5.91 Å². The first kappa shape index (κ1) is 10.8. The molecule has 1 aromatic heterocycles. The molecule has 0 aliphatic rings. The molecule has 14 heavy (non-hydrogen) atoms. The van der Waals surface area contributed by atoms with Crippen molar-refractivity contribution in [3.63, 3.8) is 0 Å². The van der Waals surface area contributed by atoms with Crippen molar-refractivity contribution in [1.82, 2.24) is 14.7 Å². The number of amides is 1. The van der Waals surface area contributed by atoms with E-state index in [1.165, 1.54) is 0 Å². The average molecular weight is 195 g/mol. The summed E-state index contributed by atoms with van der Waals surface area (Å²) in [6.07, 6.45) is 1.83. The average Bonchev–Trinajstić information content (AvgIpc) is 2.53. The first-order valence-electron chi connectivity index (χ1n) is 4.95. The van der Waals surface area contributed by atoms with Gasteiger partial charge in [0, 0.05) is 19.3 Å². The van der Waals surface area contributed by atoms with E-state index in [2.05, 4.69) is 5.10 Å². The van der Waals surface area contributed by atoms with Crippen LogP contribution in [0.5, 0.6) is 0 Å². The number of hydrogen-bond donors (Lipinski definition) is 0. The summed E-state index contributed by atoms with van der Waals surface area (Å²) in [4.78, 5) is 13.5. The number of rotatable bonds is 4. The molecule has 78 valence electrons. The number of carbonyl (C=O) groups excluding carboxylic acids is 1. The van der Waals surface area contributed by atoms with Crippen molar-refractivity contribution in [2.75, 3.05) is 13.1 Å². The third-order valence-corrected chi connectivity index (χ3v) is 2.19. The van der Waals surface area contributed by atoms with Gasteiger partial charge in [-0.3, -0.25) is 9.48 Å². The highest BCUT2D eigenvalue weighted by Gasteiger charge is 2.09. The van der Waals surface area contributed by atoms with Gasteiger partial charge in [0.25, 0.3) is 0 Å². The summed E-state index contributed by atoms with van der Waals surface area (Å²) in [6, 6.07) is 1.90. The molecular formula is C10H17N3O. The zero-order valence-electron chi connectivity index (χ0n) is 9.03. The SMILES string of the molecule is CCN(CC)C(=O)Cn1ccc(C)n1. The Balaban J connectivity index is 2.56. The molecule has 0 spiro atoms. The summed E-state index contributed by atoms with van der Waals surface area (Å²) in [5.74, 6) is 0.123. The van der Waals surface area contributed by atoms with Crippen LogP contribution in [0.1, 0.15) is 19.5 Å². The monoisotopic (exact) mass is 195 g/mol. The minimum atomic E-state index is 0.123. The van der Waals surface area contributed by atoms with Crippen molar-refractivity contribution in [3.05, 3.63) is 18.0 Å². The van der Waals surface area contributed by atoms with E-state index in [9.17, 15) is 4.79 Å². The third-order valence-electron chi connectivity index (χ3n) is 2.19. The molecule has 0 unspecified atom stereocenters. The van der Waals surface area contributed by atoms with E-state index in [0.717, 1.165) is 18.8 Å². The normalized spacial score (nSPS) is 10.2. The number of nitrogens with zero attached hydrogens (tertiary/aromatic N) is 3. The van der Waals surface area contributed by atoms with Crippen molar-refractivity contribution in [2.24, 2.45) is 0 Å². The second-order valence-corrected chi connectivity index (χ2v) is 3.22. The van der Waals surface area contributed by atoms with Crippen molar-refractivity contribution in [1.29, 1.82) is 0 Å². The fraction of sp³-hybridized carbons (Fsp3) is 0.600. The standard InChI is InChI=1S/C10H17N3O/c1-4-12(5-2)10(14)8-13-7-6-9(3)11-13/h6-7H,4-5,8H2,1-3H3. The van der Waals surface area contributed by atoms with E-state index in [4.69, 9.17) is 0 Å². The molecule has 0 aliphatic heterocycles. The molecule has 1 heterocycles. The molecule has 0 radical (unpaired) electrons. The predicted molar refractivity (Wildman–Crippen MR) is 54.9 cm³/mol. The topological polar surface area (TPSA) is 38.1 Å². The lowest BCUT2D eigenvalue weighted by molar-refractivity contribution is -0.131. The molecule has 4 nitrogen and oxygen atoms in total. The lowest BCUT2D eigenvalue weighted by Crippen LogP contribution is -2.33. The molecular weight excluding hydrogens is 178 g/mol. The summed E-state index contributed by atoms with van der Waals surface area (Å²) < 4.78 is 1.68. The minimum Gasteiger partial charge on any atom is -0.342 e. The Morgan fingerprint density at radius 1 is 1.50 bits per heavy atom. The zero-order valence-corrected chi connectivity index (χ0v) is 9.03. The Morgan fingerprint density at radius 3 is 2.57 bits per heavy atom. The van der Waals surface area contributed by atoms with E-state index in [0.29, 0.717) is 6.54 Å². The maximum atomic E-state index is 11.6. The van der Waals surface area contributed by atoms with Crippen LogP contribution in [0.4, 0.5) is 0 Å².